The second-order valence-corrected chi connectivity index (χ2v) is 16.3. The first-order valence-corrected chi connectivity index (χ1v) is 15.6. The van der Waals surface area contributed by atoms with E-state index < -0.39 is 31.5 Å². The minimum Gasteiger partial charge on any atom is -0.445 e. The lowest BCUT2D eigenvalue weighted by Gasteiger charge is -2.38. The maximum Gasteiger partial charge on any atom is 0.410 e. The lowest BCUT2D eigenvalue weighted by molar-refractivity contribution is -0.384. The fourth-order valence-corrected chi connectivity index (χ4v) is 6.30. The third kappa shape index (κ3) is 5.31. The number of hydrogen-bond acceptors (Lipinski definition) is 8. The Bertz CT molecular complexity index is 1240. The molecular weight excluding hydrogens is 500 g/mol. The summed E-state index contributed by atoms with van der Waals surface area (Å²) in [5.74, 6) is 0. The van der Waals surface area contributed by atoms with Gasteiger partial charge in [0.15, 0.2) is 8.32 Å². The van der Waals surface area contributed by atoms with E-state index in [9.17, 15) is 20.0 Å². The maximum absolute atomic E-state index is 13.2. The molecule has 0 radical (unpaired) electrons. The Morgan fingerprint density at radius 1 is 1.33 bits per heavy atom. The normalized spacial score (nSPS) is 19.6. The zero-order chi connectivity index (χ0) is 26.3. The molecule has 4 rings (SSSR count). The molecule has 194 valence electrons. The van der Waals surface area contributed by atoms with E-state index in [1.165, 1.54) is 28.4 Å². The molecule has 3 aromatic rings. The molecule has 0 saturated carbocycles. The number of thiazole rings is 1. The van der Waals surface area contributed by atoms with Crippen molar-refractivity contribution in [2.24, 2.45) is 0 Å². The van der Waals surface area contributed by atoms with Crippen LogP contribution in [0.25, 0.3) is 4.83 Å². The standard InChI is InChI=1S/C24H32N4O6SSi/c1-24(2,3)36(4,5)34-18-12-19(21(29)20-22-26(15-25-20)10-11-35-22)27(13-18)23(30)33-14-16-6-8-17(9-7-16)28(31)32/h6-11,15,18-19,21,29H,12-14H2,1-5H3/t18-,19+,21?/m1/s1. The number of benzene rings is 1. The molecule has 0 bridgehead atoms. The summed E-state index contributed by atoms with van der Waals surface area (Å²) in [5, 5.41) is 24.2. The molecule has 1 N–H and O–H groups in total. The smallest absolute Gasteiger partial charge is 0.410 e. The fourth-order valence-electron chi connectivity index (χ4n) is 4.09. The molecule has 1 amide bonds. The average Bonchev–Trinajstić information content (AvgIpc) is 3.52. The average molecular weight is 533 g/mol. The number of amides is 1. The second-order valence-electron chi connectivity index (χ2n) is 10.6. The van der Waals surface area contributed by atoms with Crippen molar-refractivity contribution in [2.45, 2.75) is 70.2 Å². The van der Waals surface area contributed by atoms with Crippen LogP contribution in [0.15, 0.2) is 42.2 Å². The zero-order valence-corrected chi connectivity index (χ0v) is 22.9. The number of non-ortho nitro benzene ring substituents is 1. The van der Waals surface area contributed by atoms with Gasteiger partial charge >= 0.3 is 6.09 Å². The number of nitrogens with zero attached hydrogens (tertiary/aromatic N) is 4. The quantitative estimate of drug-likeness (QED) is 0.254. The van der Waals surface area contributed by atoms with Gasteiger partial charge in [0.1, 0.15) is 29.6 Å². The Kier molecular flexibility index (Phi) is 7.24. The molecule has 10 nitrogen and oxygen atoms in total. The van der Waals surface area contributed by atoms with Crippen LogP contribution in [0.5, 0.6) is 0 Å². The summed E-state index contributed by atoms with van der Waals surface area (Å²) in [4.78, 5) is 30.4. The summed E-state index contributed by atoms with van der Waals surface area (Å²) in [6.45, 7) is 11.1. The summed E-state index contributed by atoms with van der Waals surface area (Å²) >= 11 is 1.48. The Balaban J connectivity index is 1.53. The molecular formula is C24H32N4O6SSi. The van der Waals surface area contributed by atoms with E-state index in [0.717, 1.165) is 4.83 Å². The van der Waals surface area contributed by atoms with Crippen LogP contribution in [0.2, 0.25) is 18.1 Å². The van der Waals surface area contributed by atoms with Gasteiger partial charge in [0.2, 0.25) is 0 Å². The molecule has 36 heavy (non-hydrogen) atoms. The highest BCUT2D eigenvalue weighted by molar-refractivity contribution is 7.15. The van der Waals surface area contributed by atoms with Crippen molar-refractivity contribution in [3.8, 4) is 0 Å². The molecule has 1 fully saturated rings. The fraction of sp³-hybridized carbons (Fsp3) is 0.500. The van der Waals surface area contributed by atoms with E-state index in [1.807, 2.05) is 16.0 Å². The number of nitro benzene ring substituents is 1. The van der Waals surface area contributed by atoms with E-state index in [4.69, 9.17) is 9.16 Å². The third-order valence-corrected chi connectivity index (χ3v) is 12.6. The van der Waals surface area contributed by atoms with Gasteiger partial charge in [-0.3, -0.25) is 19.4 Å². The van der Waals surface area contributed by atoms with Gasteiger partial charge in [0, 0.05) is 30.3 Å². The SMILES string of the molecule is CC(C)(C)[Si](C)(C)O[C@@H]1C[C@@H](C(O)c2ncn3ccsc23)N(C(=O)OCc2ccc([N+](=O)[O-])cc2)C1. The van der Waals surface area contributed by atoms with Gasteiger partial charge in [-0.1, -0.05) is 20.8 Å². The number of hydrogen-bond donors (Lipinski definition) is 1. The zero-order valence-electron chi connectivity index (χ0n) is 21.1. The van der Waals surface area contributed by atoms with Crippen molar-refractivity contribution >= 4 is 36.3 Å². The molecule has 2 aromatic heterocycles. The van der Waals surface area contributed by atoms with Crippen molar-refractivity contribution in [2.75, 3.05) is 6.54 Å². The van der Waals surface area contributed by atoms with Gasteiger partial charge in [-0.05, 0) is 42.2 Å². The highest BCUT2D eigenvalue weighted by Crippen LogP contribution is 2.40. The maximum atomic E-state index is 13.2. The molecule has 12 heteroatoms. The van der Waals surface area contributed by atoms with Gasteiger partial charge in [-0.25, -0.2) is 9.78 Å². The van der Waals surface area contributed by atoms with E-state index in [1.54, 1.807) is 18.5 Å². The Hall–Kier alpha value is -2.80. The number of aliphatic hydroxyl groups is 1. The lowest BCUT2D eigenvalue weighted by Crippen LogP contribution is -2.45. The topological polar surface area (TPSA) is 119 Å². The van der Waals surface area contributed by atoms with Crippen LogP contribution >= 0.6 is 11.3 Å². The van der Waals surface area contributed by atoms with Gasteiger partial charge in [0.25, 0.3) is 5.69 Å². The van der Waals surface area contributed by atoms with Gasteiger partial charge in [0.05, 0.1) is 17.1 Å². The van der Waals surface area contributed by atoms with Crippen molar-refractivity contribution in [1.82, 2.24) is 14.3 Å². The van der Waals surface area contributed by atoms with E-state index in [0.29, 0.717) is 24.2 Å². The third-order valence-electron chi connectivity index (χ3n) is 7.14. The Labute approximate surface area is 214 Å². The first kappa shape index (κ1) is 26.3. The second kappa shape index (κ2) is 9.92. The summed E-state index contributed by atoms with van der Waals surface area (Å²) in [5.41, 5.74) is 1.13. The number of nitro groups is 1. The van der Waals surface area contributed by atoms with Gasteiger partial charge in [-0.2, -0.15) is 0 Å². The number of aliphatic hydroxyl groups excluding tert-OH is 1. The minimum absolute atomic E-state index is 0.00202. The Morgan fingerprint density at radius 2 is 2.03 bits per heavy atom. The molecule has 1 saturated heterocycles. The summed E-state index contributed by atoms with van der Waals surface area (Å²) in [6.07, 6.45) is 2.18. The van der Waals surface area contributed by atoms with Crippen LogP contribution in [0, 0.1) is 10.1 Å². The van der Waals surface area contributed by atoms with Gasteiger partial charge in [-0.15, -0.1) is 11.3 Å². The van der Waals surface area contributed by atoms with Crippen molar-refractivity contribution in [3.63, 3.8) is 0 Å². The number of ether oxygens (including phenoxy) is 1. The number of rotatable bonds is 7. The predicted molar refractivity (Wildman–Crippen MR) is 138 cm³/mol. The predicted octanol–water partition coefficient (Wildman–Crippen LogP) is 5.14. The number of carbonyl (C=O) groups excluding carboxylic acids is 1. The van der Waals surface area contributed by atoms with E-state index in [-0.39, 0.29) is 23.4 Å². The largest absolute Gasteiger partial charge is 0.445 e. The summed E-state index contributed by atoms with van der Waals surface area (Å²) in [7, 11) is -2.12. The van der Waals surface area contributed by atoms with Crippen LogP contribution in [0.3, 0.4) is 0 Å². The molecule has 1 aliphatic heterocycles. The molecule has 3 atom stereocenters. The highest BCUT2D eigenvalue weighted by Gasteiger charge is 2.46. The Morgan fingerprint density at radius 3 is 2.67 bits per heavy atom. The van der Waals surface area contributed by atoms with Crippen molar-refractivity contribution in [3.05, 3.63) is 63.5 Å². The number of imidazole rings is 1. The molecule has 0 aliphatic carbocycles. The molecule has 0 spiro atoms. The van der Waals surface area contributed by atoms with Crippen LogP contribution in [-0.4, -0.2) is 57.4 Å². The minimum atomic E-state index is -2.12. The summed E-state index contributed by atoms with van der Waals surface area (Å²) < 4.78 is 14.0. The molecule has 3 heterocycles. The molecule has 1 unspecified atom stereocenters. The van der Waals surface area contributed by atoms with Crippen LogP contribution in [0.4, 0.5) is 10.5 Å². The lowest BCUT2D eigenvalue weighted by atomic mass is 10.1. The summed E-state index contributed by atoms with van der Waals surface area (Å²) in [6, 6.07) is 5.30. The number of carbonyl (C=O) groups is 1. The van der Waals surface area contributed by atoms with Crippen LogP contribution in [0.1, 0.15) is 44.6 Å². The monoisotopic (exact) mass is 532 g/mol. The van der Waals surface area contributed by atoms with Crippen molar-refractivity contribution in [1.29, 1.82) is 0 Å². The first-order valence-electron chi connectivity index (χ1n) is 11.8. The number of aromatic nitrogens is 2. The number of likely N-dealkylation sites (tertiary alicyclic amines) is 1. The van der Waals surface area contributed by atoms with Crippen LogP contribution in [-0.2, 0) is 15.8 Å². The van der Waals surface area contributed by atoms with Crippen molar-refractivity contribution < 1.29 is 24.0 Å². The molecule has 1 aliphatic rings. The van der Waals surface area contributed by atoms with Gasteiger partial charge < -0.3 is 14.3 Å². The first-order chi connectivity index (χ1) is 16.9. The van der Waals surface area contributed by atoms with Crippen LogP contribution < -0.4 is 0 Å². The van der Waals surface area contributed by atoms with E-state index in [2.05, 4.69) is 38.8 Å². The highest BCUT2D eigenvalue weighted by atomic mass is 32.1. The molecule has 1 aromatic carbocycles. The van der Waals surface area contributed by atoms with E-state index >= 15 is 0 Å². The number of fused-ring (bicyclic) bond motifs is 1.